The lowest BCUT2D eigenvalue weighted by Crippen LogP contribution is -2.07. The first-order chi connectivity index (χ1) is 10.3. The SMILES string of the molecule is CCCNc1cc(C2CCCC2)nc(-c2ccc(Br)s2)n1. The third-order valence-electron chi connectivity index (χ3n) is 3.87. The van der Waals surface area contributed by atoms with Crippen molar-refractivity contribution in [1.82, 2.24) is 9.97 Å². The molecule has 0 spiro atoms. The Morgan fingerprint density at radius 2 is 2.10 bits per heavy atom. The van der Waals surface area contributed by atoms with E-state index < -0.39 is 0 Å². The Labute approximate surface area is 138 Å². The number of nitrogens with one attached hydrogen (secondary N) is 1. The fraction of sp³-hybridized carbons (Fsp3) is 0.500. The molecular weight excluding hydrogens is 346 g/mol. The van der Waals surface area contributed by atoms with Gasteiger partial charge in [-0.15, -0.1) is 11.3 Å². The molecule has 0 unspecified atom stereocenters. The molecule has 0 aliphatic heterocycles. The van der Waals surface area contributed by atoms with Crippen LogP contribution in [0.1, 0.15) is 50.6 Å². The summed E-state index contributed by atoms with van der Waals surface area (Å²) in [6.45, 7) is 3.12. The highest BCUT2D eigenvalue weighted by Crippen LogP contribution is 2.36. The van der Waals surface area contributed by atoms with E-state index in [0.717, 1.165) is 33.3 Å². The Kier molecular flexibility index (Phi) is 4.91. The van der Waals surface area contributed by atoms with Gasteiger partial charge in [-0.25, -0.2) is 9.97 Å². The molecule has 2 heterocycles. The summed E-state index contributed by atoms with van der Waals surface area (Å²) in [7, 11) is 0. The van der Waals surface area contributed by atoms with Gasteiger partial charge in [-0.3, -0.25) is 0 Å². The van der Waals surface area contributed by atoms with E-state index in [4.69, 9.17) is 9.97 Å². The number of nitrogens with zero attached hydrogens (tertiary/aromatic N) is 2. The summed E-state index contributed by atoms with van der Waals surface area (Å²) < 4.78 is 1.12. The zero-order chi connectivity index (χ0) is 14.7. The lowest BCUT2D eigenvalue weighted by Gasteiger charge is -2.13. The molecule has 0 bridgehead atoms. The highest BCUT2D eigenvalue weighted by molar-refractivity contribution is 9.11. The summed E-state index contributed by atoms with van der Waals surface area (Å²) in [6.07, 6.45) is 6.27. The number of hydrogen-bond donors (Lipinski definition) is 1. The molecule has 112 valence electrons. The van der Waals surface area contributed by atoms with Gasteiger partial charge in [-0.05, 0) is 47.3 Å². The van der Waals surface area contributed by atoms with Crippen LogP contribution < -0.4 is 5.32 Å². The normalized spacial score (nSPS) is 15.5. The van der Waals surface area contributed by atoms with Crippen molar-refractivity contribution in [3.05, 3.63) is 27.7 Å². The fourth-order valence-corrected chi connectivity index (χ4v) is 4.11. The van der Waals surface area contributed by atoms with Crippen LogP contribution in [0.4, 0.5) is 5.82 Å². The molecule has 5 heteroatoms. The Balaban J connectivity index is 1.95. The van der Waals surface area contributed by atoms with Crippen LogP contribution in [0.25, 0.3) is 10.7 Å². The molecule has 3 nitrogen and oxygen atoms in total. The van der Waals surface area contributed by atoms with Crippen molar-refractivity contribution in [3.63, 3.8) is 0 Å². The molecular formula is C16H20BrN3S. The van der Waals surface area contributed by atoms with Crippen molar-refractivity contribution >= 4 is 33.1 Å². The summed E-state index contributed by atoms with van der Waals surface area (Å²) in [4.78, 5) is 10.7. The molecule has 1 aliphatic carbocycles. The topological polar surface area (TPSA) is 37.8 Å². The van der Waals surface area contributed by atoms with E-state index in [1.54, 1.807) is 11.3 Å². The van der Waals surface area contributed by atoms with E-state index >= 15 is 0 Å². The molecule has 1 saturated carbocycles. The van der Waals surface area contributed by atoms with Crippen LogP contribution in [-0.2, 0) is 0 Å². The Morgan fingerprint density at radius 1 is 1.29 bits per heavy atom. The van der Waals surface area contributed by atoms with Gasteiger partial charge < -0.3 is 5.32 Å². The van der Waals surface area contributed by atoms with E-state index in [-0.39, 0.29) is 0 Å². The van der Waals surface area contributed by atoms with Gasteiger partial charge in [-0.2, -0.15) is 0 Å². The fourth-order valence-electron chi connectivity index (χ4n) is 2.79. The molecule has 0 amide bonds. The smallest absolute Gasteiger partial charge is 0.171 e. The summed E-state index contributed by atoms with van der Waals surface area (Å²) in [5, 5.41) is 3.42. The Bertz CT molecular complexity index is 605. The van der Waals surface area contributed by atoms with Crippen LogP contribution in [0.5, 0.6) is 0 Å². The highest BCUT2D eigenvalue weighted by atomic mass is 79.9. The van der Waals surface area contributed by atoms with Crippen molar-refractivity contribution in [3.8, 4) is 10.7 Å². The third kappa shape index (κ3) is 3.64. The first kappa shape index (κ1) is 15.0. The standard InChI is InChI=1S/C16H20BrN3S/c1-2-9-18-15-10-12(11-5-3-4-6-11)19-16(20-15)13-7-8-14(17)21-13/h7-8,10-11H,2-6,9H2,1H3,(H,18,19,20). The number of aromatic nitrogens is 2. The van der Waals surface area contributed by atoms with Crippen molar-refractivity contribution in [1.29, 1.82) is 0 Å². The molecule has 0 radical (unpaired) electrons. The molecule has 0 saturated heterocycles. The van der Waals surface area contributed by atoms with Gasteiger partial charge in [0, 0.05) is 24.2 Å². The van der Waals surface area contributed by atoms with Crippen LogP contribution in [0.2, 0.25) is 0 Å². The van der Waals surface area contributed by atoms with E-state index in [2.05, 4.69) is 46.4 Å². The lowest BCUT2D eigenvalue weighted by molar-refractivity contribution is 0.695. The molecule has 3 rings (SSSR count). The minimum Gasteiger partial charge on any atom is -0.370 e. The Morgan fingerprint density at radius 3 is 2.76 bits per heavy atom. The molecule has 1 N–H and O–H groups in total. The van der Waals surface area contributed by atoms with Crippen molar-refractivity contribution < 1.29 is 0 Å². The average molecular weight is 366 g/mol. The van der Waals surface area contributed by atoms with E-state index in [1.807, 2.05) is 0 Å². The second-order valence-electron chi connectivity index (χ2n) is 5.51. The summed E-state index contributed by atoms with van der Waals surface area (Å²) >= 11 is 5.21. The van der Waals surface area contributed by atoms with Crippen molar-refractivity contribution in [2.45, 2.75) is 44.9 Å². The van der Waals surface area contributed by atoms with Crippen molar-refractivity contribution in [2.24, 2.45) is 0 Å². The first-order valence-electron chi connectivity index (χ1n) is 7.65. The molecule has 1 fully saturated rings. The molecule has 2 aromatic rings. The maximum absolute atomic E-state index is 4.85. The van der Waals surface area contributed by atoms with E-state index in [0.29, 0.717) is 5.92 Å². The minimum atomic E-state index is 0.609. The van der Waals surface area contributed by atoms with Crippen LogP contribution in [0.3, 0.4) is 0 Å². The maximum Gasteiger partial charge on any atom is 0.171 e. The summed E-state index contributed by atoms with van der Waals surface area (Å²) in [5.41, 5.74) is 1.21. The predicted molar refractivity (Wildman–Crippen MR) is 93.0 cm³/mol. The van der Waals surface area contributed by atoms with Crippen LogP contribution in [0.15, 0.2) is 22.0 Å². The monoisotopic (exact) mass is 365 g/mol. The number of rotatable bonds is 5. The molecule has 2 aromatic heterocycles. The average Bonchev–Trinajstić information content (AvgIpc) is 3.16. The molecule has 0 aromatic carbocycles. The number of hydrogen-bond acceptors (Lipinski definition) is 4. The molecule has 0 atom stereocenters. The summed E-state index contributed by atoms with van der Waals surface area (Å²) in [6, 6.07) is 6.30. The van der Waals surface area contributed by atoms with Gasteiger partial charge >= 0.3 is 0 Å². The van der Waals surface area contributed by atoms with Gasteiger partial charge in [0.05, 0.1) is 8.66 Å². The van der Waals surface area contributed by atoms with E-state index in [9.17, 15) is 0 Å². The largest absolute Gasteiger partial charge is 0.370 e. The zero-order valence-corrected chi connectivity index (χ0v) is 14.6. The van der Waals surface area contributed by atoms with Gasteiger partial charge in [-0.1, -0.05) is 19.8 Å². The van der Waals surface area contributed by atoms with E-state index in [1.165, 1.54) is 31.4 Å². The minimum absolute atomic E-state index is 0.609. The van der Waals surface area contributed by atoms with Gasteiger partial charge in [0.25, 0.3) is 0 Å². The van der Waals surface area contributed by atoms with Crippen molar-refractivity contribution in [2.75, 3.05) is 11.9 Å². The van der Waals surface area contributed by atoms with Gasteiger partial charge in [0.15, 0.2) is 5.82 Å². The highest BCUT2D eigenvalue weighted by Gasteiger charge is 2.20. The van der Waals surface area contributed by atoms with Crippen LogP contribution >= 0.6 is 27.3 Å². The predicted octanol–water partition coefficient (Wildman–Crippen LogP) is 5.45. The lowest BCUT2D eigenvalue weighted by atomic mass is 10.0. The zero-order valence-electron chi connectivity index (χ0n) is 12.2. The second-order valence-corrected chi connectivity index (χ2v) is 7.98. The van der Waals surface area contributed by atoms with Crippen LogP contribution in [0, 0.1) is 0 Å². The Hall–Kier alpha value is -0.940. The third-order valence-corrected chi connectivity index (χ3v) is 5.49. The molecule has 1 aliphatic rings. The molecule has 21 heavy (non-hydrogen) atoms. The second kappa shape index (κ2) is 6.88. The number of thiophene rings is 1. The number of halogens is 1. The van der Waals surface area contributed by atoms with Gasteiger partial charge in [0.2, 0.25) is 0 Å². The van der Waals surface area contributed by atoms with Crippen LogP contribution in [-0.4, -0.2) is 16.5 Å². The van der Waals surface area contributed by atoms with Gasteiger partial charge in [0.1, 0.15) is 5.82 Å². The number of anilines is 1. The summed E-state index contributed by atoms with van der Waals surface area (Å²) in [5.74, 6) is 2.43. The first-order valence-corrected chi connectivity index (χ1v) is 9.26. The maximum atomic E-state index is 4.85. The quantitative estimate of drug-likeness (QED) is 0.765.